The third-order valence-corrected chi connectivity index (χ3v) is 5.78. The van der Waals surface area contributed by atoms with Gasteiger partial charge in [0, 0.05) is 44.0 Å². The summed E-state index contributed by atoms with van der Waals surface area (Å²) in [7, 11) is 0. The summed E-state index contributed by atoms with van der Waals surface area (Å²) >= 11 is 1.45. The maximum Gasteiger partial charge on any atom is 0.147 e. The lowest BCUT2D eigenvalue weighted by molar-refractivity contribution is 0.0597. The molecule has 0 N–H and O–H groups in total. The van der Waals surface area contributed by atoms with Crippen LogP contribution in [-0.2, 0) is 6.54 Å². The number of hydrogen-bond donors (Lipinski definition) is 0. The van der Waals surface area contributed by atoms with Gasteiger partial charge >= 0.3 is 0 Å². The number of rotatable bonds is 3. The minimum atomic E-state index is 0.473. The number of aromatic nitrogens is 4. The van der Waals surface area contributed by atoms with E-state index in [1.807, 2.05) is 6.20 Å². The number of nitrogens with zero attached hydrogens (tertiary/aromatic N) is 6. The highest BCUT2D eigenvalue weighted by Crippen LogP contribution is 2.40. The van der Waals surface area contributed by atoms with Crippen molar-refractivity contribution in [3.05, 3.63) is 29.7 Å². The van der Waals surface area contributed by atoms with Crippen molar-refractivity contribution < 1.29 is 0 Å². The fourth-order valence-corrected chi connectivity index (χ4v) is 4.44. The van der Waals surface area contributed by atoms with Gasteiger partial charge in [0.15, 0.2) is 0 Å². The lowest BCUT2D eigenvalue weighted by Crippen LogP contribution is -2.49. The van der Waals surface area contributed by atoms with Gasteiger partial charge in [-0.1, -0.05) is 4.49 Å². The Morgan fingerprint density at radius 3 is 2.78 bits per heavy atom. The second-order valence-electron chi connectivity index (χ2n) is 6.76. The van der Waals surface area contributed by atoms with Crippen molar-refractivity contribution in [1.29, 1.82) is 0 Å². The van der Waals surface area contributed by atoms with Crippen LogP contribution in [0.1, 0.15) is 31.4 Å². The first kappa shape index (κ1) is 15.0. The standard InChI is InChI=1S/C16H22N6S/c1-2-16(13-21(7-1)11-14-12-23-20-19-14)3-8-22(9-4-16)15-10-17-5-6-18-15/h5-6,10,12H,1-4,7-9,11,13H2. The minimum absolute atomic E-state index is 0.473. The van der Waals surface area contributed by atoms with Gasteiger partial charge < -0.3 is 4.90 Å². The number of likely N-dealkylation sites (tertiary alicyclic amines) is 1. The van der Waals surface area contributed by atoms with Crippen molar-refractivity contribution in [3.63, 3.8) is 0 Å². The van der Waals surface area contributed by atoms with Crippen molar-refractivity contribution in [2.24, 2.45) is 5.41 Å². The molecule has 4 heterocycles. The second kappa shape index (κ2) is 6.49. The Balaban J connectivity index is 1.38. The summed E-state index contributed by atoms with van der Waals surface area (Å²) in [5, 5.41) is 6.27. The molecule has 0 unspecified atom stereocenters. The van der Waals surface area contributed by atoms with Gasteiger partial charge in [-0.25, -0.2) is 4.98 Å². The SMILES string of the molecule is c1cnc(N2CCC3(CCCN(Cc4csnn4)C3)CC2)cn1. The Morgan fingerprint density at radius 2 is 2.04 bits per heavy atom. The van der Waals surface area contributed by atoms with Gasteiger partial charge in [-0.3, -0.25) is 9.88 Å². The maximum atomic E-state index is 4.44. The summed E-state index contributed by atoms with van der Waals surface area (Å²) in [4.78, 5) is 13.6. The molecule has 0 amide bonds. The van der Waals surface area contributed by atoms with Gasteiger partial charge in [0.25, 0.3) is 0 Å². The predicted octanol–water partition coefficient (Wildman–Crippen LogP) is 2.21. The molecule has 0 aromatic carbocycles. The van der Waals surface area contributed by atoms with Gasteiger partial charge in [-0.15, -0.1) is 5.10 Å². The van der Waals surface area contributed by atoms with Gasteiger partial charge in [-0.05, 0) is 49.2 Å². The molecule has 0 bridgehead atoms. The minimum Gasteiger partial charge on any atom is -0.355 e. The van der Waals surface area contributed by atoms with Gasteiger partial charge in [0.05, 0.1) is 11.9 Å². The van der Waals surface area contributed by atoms with E-state index in [1.54, 1.807) is 12.4 Å². The molecule has 0 atom stereocenters. The van der Waals surface area contributed by atoms with E-state index < -0.39 is 0 Å². The van der Waals surface area contributed by atoms with Crippen LogP contribution in [0.25, 0.3) is 0 Å². The first-order chi connectivity index (χ1) is 11.3. The van der Waals surface area contributed by atoms with Gasteiger partial charge in [0.1, 0.15) is 5.82 Å². The number of piperidine rings is 2. The van der Waals surface area contributed by atoms with Crippen LogP contribution in [0.15, 0.2) is 24.0 Å². The van der Waals surface area contributed by atoms with E-state index in [2.05, 4.69) is 34.7 Å². The van der Waals surface area contributed by atoms with Crippen molar-refractivity contribution in [2.45, 2.75) is 32.2 Å². The average molecular weight is 330 g/mol. The third kappa shape index (κ3) is 3.35. The molecule has 0 saturated carbocycles. The molecule has 4 rings (SSSR count). The molecule has 7 heteroatoms. The molecule has 2 aliphatic rings. The zero-order chi connectivity index (χ0) is 15.5. The zero-order valence-corrected chi connectivity index (χ0v) is 14.1. The first-order valence-electron chi connectivity index (χ1n) is 8.32. The molecule has 23 heavy (non-hydrogen) atoms. The van der Waals surface area contributed by atoms with Crippen molar-refractivity contribution >= 4 is 17.4 Å². The Hall–Kier alpha value is -1.60. The summed E-state index contributed by atoms with van der Waals surface area (Å²) in [6.07, 6.45) is 10.5. The van der Waals surface area contributed by atoms with E-state index in [4.69, 9.17) is 0 Å². The highest BCUT2D eigenvalue weighted by molar-refractivity contribution is 7.03. The Kier molecular flexibility index (Phi) is 4.22. The van der Waals surface area contributed by atoms with E-state index >= 15 is 0 Å². The molecule has 2 aromatic heterocycles. The van der Waals surface area contributed by atoms with Crippen molar-refractivity contribution in [3.8, 4) is 0 Å². The summed E-state index contributed by atoms with van der Waals surface area (Å²) in [6.45, 7) is 5.51. The predicted molar refractivity (Wildman–Crippen MR) is 90.3 cm³/mol. The first-order valence-corrected chi connectivity index (χ1v) is 9.16. The highest BCUT2D eigenvalue weighted by atomic mass is 32.1. The van der Waals surface area contributed by atoms with Crippen LogP contribution in [0.2, 0.25) is 0 Å². The molecule has 2 fully saturated rings. The Labute approximate surface area is 140 Å². The van der Waals surface area contributed by atoms with Crippen LogP contribution < -0.4 is 4.90 Å². The summed E-state index contributed by atoms with van der Waals surface area (Å²) in [6, 6.07) is 0. The molecular weight excluding hydrogens is 308 g/mol. The van der Waals surface area contributed by atoms with Crippen LogP contribution in [-0.4, -0.2) is 50.6 Å². The molecule has 2 aliphatic heterocycles. The molecule has 2 aromatic rings. The monoisotopic (exact) mass is 330 g/mol. The smallest absolute Gasteiger partial charge is 0.147 e. The fourth-order valence-electron chi connectivity index (χ4n) is 4.00. The summed E-state index contributed by atoms with van der Waals surface area (Å²) in [5.74, 6) is 1.02. The van der Waals surface area contributed by atoms with Gasteiger partial charge in [-0.2, -0.15) is 0 Å². The van der Waals surface area contributed by atoms with Crippen LogP contribution in [0, 0.1) is 5.41 Å². The molecule has 122 valence electrons. The largest absolute Gasteiger partial charge is 0.355 e. The summed E-state index contributed by atoms with van der Waals surface area (Å²) < 4.78 is 3.98. The Morgan fingerprint density at radius 1 is 1.13 bits per heavy atom. The molecule has 0 radical (unpaired) electrons. The lowest BCUT2D eigenvalue weighted by atomic mass is 9.72. The van der Waals surface area contributed by atoms with Crippen LogP contribution in [0.4, 0.5) is 5.82 Å². The van der Waals surface area contributed by atoms with E-state index in [0.717, 1.165) is 31.1 Å². The van der Waals surface area contributed by atoms with Gasteiger partial charge in [0.2, 0.25) is 0 Å². The van der Waals surface area contributed by atoms with Crippen molar-refractivity contribution in [1.82, 2.24) is 24.5 Å². The van der Waals surface area contributed by atoms with Crippen LogP contribution in [0.3, 0.4) is 0 Å². The van der Waals surface area contributed by atoms with Crippen LogP contribution >= 0.6 is 11.5 Å². The topological polar surface area (TPSA) is 58.0 Å². The molecule has 1 spiro atoms. The molecular formula is C16H22N6S. The molecule has 6 nitrogen and oxygen atoms in total. The normalized spacial score (nSPS) is 21.7. The van der Waals surface area contributed by atoms with Crippen LogP contribution in [0.5, 0.6) is 0 Å². The van der Waals surface area contributed by atoms with E-state index in [1.165, 1.54) is 50.3 Å². The summed E-state index contributed by atoms with van der Waals surface area (Å²) in [5.41, 5.74) is 1.59. The van der Waals surface area contributed by atoms with E-state index in [-0.39, 0.29) is 0 Å². The molecule has 0 aliphatic carbocycles. The number of hydrogen-bond acceptors (Lipinski definition) is 7. The maximum absolute atomic E-state index is 4.44. The Bertz CT molecular complexity index is 609. The zero-order valence-electron chi connectivity index (χ0n) is 13.3. The second-order valence-corrected chi connectivity index (χ2v) is 7.37. The third-order valence-electron chi connectivity index (χ3n) is 5.23. The lowest BCUT2D eigenvalue weighted by Gasteiger charge is -2.47. The highest BCUT2D eigenvalue weighted by Gasteiger charge is 2.38. The van der Waals surface area contributed by atoms with E-state index in [9.17, 15) is 0 Å². The average Bonchev–Trinajstić information content (AvgIpc) is 3.10. The van der Waals surface area contributed by atoms with E-state index in [0.29, 0.717) is 5.41 Å². The molecule has 2 saturated heterocycles. The fraction of sp³-hybridized carbons (Fsp3) is 0.625. The quantitative estimate of drug-likeness (QED) is 0.860. The number of anilines is 1. The van der Waals surface area contributed by atoms with Crippen molar-refractivity contribution in [2.75, 3.05) is 31.1 Å².